The number of furan rings is 1. The zero-order valence-corrected chi connectivity index (χ0v) is 30.9. The molecule has 262 valence electrons. The predicted molar refractivity (Wildman–Crippen MR) is 230 cm³/mol. The molecule has 1 heterocycles. The number of anilines is 3. The van der Waals surface area contributed by atoms with Crippen molar-refractivity contribution in [3.05, 3.63) is 234 Å². The van der Waals surface area contributed by atoms with E-state index in [1.807, 2.05) is 12.1 Å². The van der Waals surface area contributed by atoms with Gasteiger partial charge in [-0.3, -0.25) is 0 Å². The average molecular weight is 706 g/mol. The fourth-order valence-corrected chi connectivity index (χ4v) is 8.79. The van der Waals surface area contributed by atoms with E-state index >= 15 is 0 Å². The first-order valence-corrected chi connectivity index (χ1v) is 19.0. The molecule has 10 rings (SSSR count). The van der Waals surface area contributed by atoms with Gasteiger partial charge in [-0.2, -0.15) is 0 Å². The first-order valence-electron chi connectivity index (χ1n) is 19.0. The topological polar surface area (TPSA) is 16.4 Å². The van der Waals surface area contributed by atoms with Gasteiger partial charge in [-0.15, -0.1) is 0 Å². The number of hydrogen-bond donors (Lipinski definition) is 0. The van der Waals surface area contributed by atoms with Gasteiger partial charge in [-0.25, -0.2) is 0 Å². The molecule has 2 nitrogen and oxygen atoms in total. The van der Waals surface area contributed by atoms with Crippen molar-refractivity contribution in [2.45, 2.75) is 19.3 Å². The third-order valence-electron chi connectivity index (χ3n) is 11.3. The van der Waals surface area contributed by atoms with Crippen molar-refractivity contribution in [3.8, 4) is 11.1 Å². The molecule has 0 fully saturated rings. The van der Waals surface area contributed by atoms with Crippen LogP contribution in [0.1, 0.15) is 47.2 Å². The molecule has 2 heteroatoms. The van der Waals surface area contributed by atoms with Gasteiger partial charge in [0.15, 0.2) is 0 Å². The maximum atomic E-state index is 6.48. The van der Waals surface area contributed by atoms with Crippen LogP contribution in [0.2, 0.25) is 0 Å². The maximum absolute atomic E-state index is 6.48. The Kier molecular flexibility index (Phi) is 7.85. The van der Waals surface area contributed by atoms with Crippen molar-refractivity contribution in [1.82, 2.24) is 0 Å². The van der Waals surface area contributed by atoms with E-state index in [-0.39, 0.29) is 5.41 Å². The van der Waals surface area contributed by atoms with E-state index in [1.165, 1.54) is 50.1 Å². The van der Waals surface area contributed by atoms with Crippen molar-refractivity contribution < 1.29 is 4.42 Å². The van der Waals surface area contributed by atoms with Crippen LogP contribution in [0.5, 0.6) is 0 Å². The van der Waals surface area contributed by atoms with Crippen molar-refractivity contribution >= 4 is 50.1 Å². The number of rotatable bonds is 7. The predicted octanol–water partition coefficient (Wildman–Crippen LogP) is 14.4. The lowest BCUT2D eigenvalue weighted by molar-refractivity contribution is 0.660. The zero-order chi connectivity index (χ0) is 36.9. The van der Waals surface area contributed by atoms with E-state index in [0.29, 0.717) is 0 Å². The van der Waals surface area contributed by atoms with E-state index in [1.54, 1.807) is 0 Å². The monoisotopic (exact) mass is 705 g/mol. The standard InChI is InChI=1S/C53H39NO/c1-53(2)46-26-14-12-23-42(46)45-25-16-27-47(52(45)53)54(41-33-34-44-43-24-13-15-28-48(43)55-49(44)35-41)40-31-29-39(30-32-40)51(38-21-10-5-11-22-38)50(36-17-6-3-7-18-36)37-19-8-4-9-20-37/h3-35H,1-2H3. The minimum absolute atomic E-state index is 0.201. The lowest BCUT2D eigenvalue weighted by Gasteiger charge is -2.32. The van der Waals surface area contributed by atoms with Crippen molar-refractivity contribution in [2.75, 3.05) is 4.90 Å². The van der Waals surface area contributed by atoms with E-state index in [0.717, 1.165) is 44.6 Å². The number of nitrogens with zero attached hydrogens (tertiary/aromatic N) is 1. The number of fused-ring (bicyclic) bond motifs is 6. The third-order valence-corrected chi connectivity index (χ3v) is 11.3. The van der Waals surface area contributed by atoms with Gasteiger partial charge in [-0.05, 0) is 92.1 Å². The summed E-state index contributed by atoms with van der Waals surface area (Å²) in [6.07, 6.45) is 0. The molecular weight excluding hydrogens is 667 g/mol. The van der Waals surface area contributed by atoms with Gasteiger partial charge >= 0.3 is 0 Å². The summed E-state index contributed by atoms with van der Waals surface area (Å²) in [4.78, 5) is 2.42. The average Bonchev–Trinajstić information content (AvgIpc) is 3.73. The molecule has 0 bridgehead atoms. The van der Waals surface area contributed by atoms with Gasteiger partial charge in [-0.1, -0.05) is 172 Å². The highest BCUT2D eigenvalue weighted by Gasteiger charge is 2.38. The Labute approximate surface area is 322 Å². The molecular formula is C53H39NO. The number of para-hydroxylation sites is 1. The summed E-state index contributed by atoms with van der Waals surface area (Å²) < 4.78 is 6.48. The second-order valence-electron chi connectivity index (χ2n) is 14.9. The van der Waals surface area contributed by atoms with Crippen molar-refractivity contribution in [1.29, 1.82) is 0 Å². The van der Waals surface area contributed by atoms with Crippen LogP contribution < -0.4 is 4.90 Å². The summed E-state index contributed by atoms with van der Waals surface area (Å²) in [7, 11) is 0. The molecule has 0 N–H and O–H groups in total. The minimum Gasteiger partial charge on any atom is -0.456 e. The Morgan fingerprint density at radius 3 is 1.58 bits per heavy atom. The summed E-state index contributed by atoms with van der Waals surface area (Å²) in [5.41, 5.74) is 17.2. The normalized spacial score (nSPS) is 12.7. The van der Waals surface area contributed by atoms with Crippen LogP contribution in [0.25, 0.3) is 44.2 Å². The molecule has 0 saturated carbocycles. The van der Waals surface area contributed by atoms with Crippen LogP contribution in [-0.4, -0.2) is 0 Å². The summed E-state index contributed by atoms with van der Waals surface area (Å²) in [6.45, 7) is 4.72. The van der Waals surface area contributed by atoms with Gasteiger partial charge in [0.1, 0.15) is 11.2 Å². The molecule has 55 heavy (non-hydrogen) atoms. The highest BCUT2D eigenvalue weighted by molar-refractivity contribution is 6.07. The molecule has 0 radical (unpaired) electrons. The Balaban J connectivity index is 1.20. The molecule has 0 saturated heterocycles. The third kappa shape index (κ3) is 5.49. The highest BCUT2D eigenvalue weighted by atomic mass is 16.3. The number of benzene rings is 8. The molecule has 0 spiro atoms. The Hall–Kier alpha value is -6.90. The second-order valence-corrected chi connectivity index (χ2v) is 14.9. The molecule has 0 amide bonds. The Morgan fingerprint density at radius 1 is 0.418 bits per heavy atom. The van der Waals surface area contributed by atoms with Gasteiger partial charge in [0.2, 0.25) is 0 Å². The summed E-state index contributed by atoms with van der Waals surface area (Å²) in [6, 6.07) is 72.0. The first-order chi connectivity index (χ1) is 27.1. The fourth-order valence-electron chi connectivity index (χ4n) is 8.79. The number of hydrogen-bond acceptors (Lipinski definition) is 2. The molecule has 0 unspecified atom stereocenters. The van der Waals surface area contributed by atoms with Gasteiger partial charge in [0, 0.05) is 33.6 Å². The van der Waals surface area contributed by atoms with Gasteiger partial charge < -0.3 is 9.32 Å². The Bertz CT molecular complexity index is 2820. The zero-order valence-electron chi connectivity index (χ0n) is 30.9. The molecule has 0 aliphatic heterocycles. The van der Waals surface area contributed by atoms with Gasteiger partial charge in [0.05, 0.1) is 5.69 Å². The van der Waals surface area contributed by atoms with Crippen LogP contribution in [-0.2, 0) is 5.41 Å². The molecule has 8 aromatic carbocycles. The quantitative estimate of drug-likeness (QED) is 0.154. The summed E-state index contributed by atoms with van der Waals surface area (Å²) in [5, 5.41) is 2.25. The smallest absolute Gasteiger partial charge is 0.137 e. The van der Waals surface area contributed by atoms with Crippen LogP contribution in [0, 0.1) is 0 Å². The Morgan fingerprint density at radius 2 is 0.927 bits per heavy atom. The van der Waals surface area contributed by atoms with Crippen LogP contribution >= 0.6 is 0 Å². The van der Waals surface area contributed by atoms with Crippen molar-refractivity contribution in [2.24, 2.45) is 0 Å². The second kappa shape index (κ2) is 13.2. The van der Waals surface area contributed by atoms with Gasteiger partial charge in [0.25, 0.3) is 0 Å². The lowest BCUT2D eigenvalue weighted by atomic mass is 9.81. The molecule has 0 atom stereocenters. The van der Waals surface area contributed by atoms with Crippen LogP contribution in [0.3, 0.4) is 0 Å². The largest absolute Gasteiger partial charge is 0.456 e. The summed E-state index contributed by atoms with van der Waals surface area (Å²) >= 11 is 0. The molecule has 9 aromatic rings. The maximum Gasteiger partial charge on any atom is 0.137 e. The van der Waals surface area contributed by atoms with E-state index in [9.17, 15) is 0 Å². The van der Waals surface area contributed by atoms with Crippen LogP contribution in [0.15, 0.2) is 205 Å². The fraction of sp³-hybridized carbons (Fsp3) is 0.0566. The lowest BCUT2D eigenvalue weighted by Crippen LogP contribution is -2.20. The first kappa shape index (κ1) is 32.7. The summed E-state index contributed by atoms with van der Waals surface area (Å²) in [5.74, 6) is 0. The highest BCUT2D eigenvalue weighted by Crippen LogP contribution is 2.54. The molecule has 1 aliphatic rings. The minimum atomic E-state index is -0.201. The van der Waals surface area contributed by atoms with E-state index < -0.39 is 0 Å². The van der Waals surface area contributed by atoms with Crippen LogP contribution in [0.4, 0.5) is 17.1 Å². The molecule has 1 aromatic heterocycles. The van der Waals surface area contributed by atoms with E-state index in [2.05, 4.69) is 207 Å². The van der Waals surface area contributed by atoms with Crippen molar-refractivity contribution in [3.63, 3.8) is 0 Å². The molecule has 1 aliphatic carbocycles. The van der Waals surface area contributed by atoms with E-state index in [4.69, 9.17) is 4.42 Å². The SMILES string of the molecule is CC1(C)c2ccccc2-c2cccc(N(c3ccc(C(=C(c4ccccc4)c4ccccc4)c4ccccc4)cc3)c3ccc4c(c3)oc3ccccc34)c21.